The summed E-state index contributed by atoms with van der Waals surface area (Å²) in [5.74, 6) is -0.796. The summed E-state index contributed by atoms with van der Waals surface area (Å²) in [6.07, 6.45) is 0.301. The van der Waals surface area contributed by atoms with Crippen LogP contribution < -0.4 is 5.73 Å². The van der Waals surface area contributed by atoms with Gasteiger partial charge in [0.1, 0.15) is 17.5 Å². The van der Waals surface area contributed by atoms with E-state index in [0.717, 1.165) is 5.56 Å². The van der Waals surface area contributed by atoms with Gasteiger partial charge in [0.25, 0.3) is 0 Å². The van der Waals surface area contributed by atoms with Crippen molar-refractivity contribution in [2.24, 2.45) is 5.73 Å². The zero-order chi connectivity index (χ0) is 13.9. The third kappa shape index (κ3) is 4.74. The molecule has 1 rings (SSSR count). The number of esters is 1. The second kappa shape index (κ2) is 5.80. The summed E-state index contributed by atoms with van der Waals surface area (Å²) in [5.41, 5.74) is 5.99. The maximum absolute atomic E-state index is 12.9. The van der Waals surface area contributed by atoms with Gasteiger partial charge in [-0.05, 0) is 44.9 Å². The molecule has 0 aliphatic carbocycles. The van der Waals surface area contributed by atoms with Gasteiger partial charge in [-0.25, -0.2) is 4.39 Å². The van der Waals surface area contributed by atoms with Crippen LogP contribution in [0.4, 0.5) is 4.39 Å². The molecule has 18 heavy (non-hydrogen) atoms. The minimum absolute atomic E-state index is 0.301. The van der Waals surface area contributed by atoms with Crippen molar-refractivity contribution in [3.05, 3.63) is 34.1 Å². The van der Waals surface area contributed by atoms with Crippen molar-refractivity contribution in [1.29, 1.82) is 0 Å². The van der Waals surface area contributed by atoms with E-state index in [-0.39, 0.29) is 5.82 Å². The molecule has 0 radical (unpaired) electrons. The molecule has 2 N–H and O–H groups in total. The van der Waals surface area contributed by atoms with Gasteiger partial charge in [-0.3, -0.25) is 4.79 Å². The minimum atomic E-state index is -0.758. The Labute approximate surface area is 115 Å². The molecule has 0 bridgehead atoms. The zero-order valence-electron chi connectivity index (χ0n) is 10.7. The Morgan fingerprint density at radius 3 is 2.61 bits per heavy atom. The second-order valence-electron chi connectivity index (χ2n) is 5.08. The normalized spacial score (nSPS) is 13.2. The van der Waals surface area contributed by atoms with E-state index in [4.69, 9.17) is 10.5 Å². The predicted octanol–water partition coefficient (Wildman–Crippen LogP) is 2.80. The lowest BCUT2D eigenvalue weighted by Gasteiger charge is -2.22. The summed E-state index contributed by atoms with van der Waals surface area (Å²) in [7, 11) is 0. The first-order valence-corrected chi connectivity index (χ1v) is 6.41. The van der Waals surface area contributed by atoms with Crippen molar-refractivity contribution in [2.75, 3.05) is 0 Å². The van der Waals surface area contributed by atoms with E-state index in [1.807, 2.05) is 0 Å². The van der Waals surface area contributed by atoms with Crippen LogP contribution in [0.3, 0.4) is 0 Å². The lowest BCUT2D eigenvalue weighted by molar-refractivity contribution is -0.156. The summed E-state index contributed by atoms with van der Waals surface area (Å²) >= 11 is 3.24. The molecule has 0 aliphatic rings. The molecule has 0 amide bonds. The highest BCUT2D eigenvalue weighted by Crippen LogP contribution is 2.20. The summed E-state index contributed by atoms with van der Waals surface area (Å²) < 4.78 is 18.7. The first kappa shape index (κ1) is 15.1. The Bertz CT molecular complexity index is 443. The molecular formula is C13H17BrFNO2. The molecule has 0 aromatic heterocycles. The molecule has 1 unspecified atom stereocenters. The highest BCUT2D eigenvalue weighted by molar-refractivity contribution is 9.10. The largest absolute Gasteiger partial charge is 0.459 e. The molecule has 100 valence electrons. The number of hydrogen-bond donors (Lipinski definition) is 1. The number of carbonyl (C=O) groups is 1. The monoisotopic (exact) mass is 317 g/mol. The van der Waals surface area contributed by atoms with Crippen LogP contribution in [0.25, 0.3) is 0 Å². The van der Waals surface area contributed by atoms with E-state index in [2.05, 4.69) is 15.9 Å². The van der Waals surface area contributed by atoms with Gasteiger partial charge in [0.15, 0.2) is 0 Å². The van der Waals surface area contributed by atoms with Crippen molar-refractivity contribution in [2.45, 2.75) is 38.8 Å². The van der Waals surface area contributed by atoms with Crippen LogP contribution in [-0.2, 0) is 16.0 Å². The van der Waals surface area contributed by atoms with Crippen LogP contribution in [0.5, 0.6) is 0 Å². The molecule has 0 saturated heterocycles. The van der Waals surface area contributed by atoms with Crippen LogP contribution >= 0.6 is 15.9 Å². The molecule has 0 fully saturated rings. The van der Waals surface area contributed by atoms with Crippen LogP contribution in [0.15, 0.2) is 22.7 Å². The first-order chi connectivity index (χ1) is 8.19. The van der Waals surface area contributed by atoms with Gasteiger partial charge in [0.2, 0.25) is 0 Å². The van der Waals surface area contributed by atoms with Crippen molar-refractivity contribution in [1.82, 2.24) is 0 Å². The Morgan fingerprint density at radius 1 is 1.50 bits per heavy atom. The molecule has 1 aromatic carbocycles. The van der Waals surface area contributed by atoms with Crippen LogP contribution in [0.1, 0.15) is 26.3 Å². The molecule has 0 aliphatic heterocycles. The zero-order valence-corrected chi connectivity index (χ0v) is 12.3. The van der Waals surface area contributed by atoms with E-state index in [0.29, 0.717) is 10.9 Å². The average molecular weight is 318 g/mol. The van der Waals surface area contributed by atoms with Gasteiger partial charge < -0.3 is 10.5 Å². The number of carbonyl (C=O) groups excluding carboxylic acids is 1. The standard InChI is InChI=1S/C13H17BrFNO2/c1-13(2,3)18-12(17)11(16)6-8-4-5-9(15)7-10(8)14/h4-5,7,11H,6,16H2,1-3H3. The van der Waals surface area contributed by atoms with E-state index in [1.165, 1.54) is 12.1 Å². The lowest BCUT2D eigenvalue weighted by atomic mass is 10.1. The summed E-state index contributed by atoms with van der Waals surface area (Å²) in [5, 5.41) is 0. The summed E-state index contributed by atoms with van der Waals surface area (Å²) in [6.45, 7) is 5.35. The van der Waals surface area contributed by atoms with Gasteiger partial charge in [-0.15, -0.1) is 0 Å². The van der Waals surface area contributed by atoms with E-state index < -0.39 is 17.6 Å². The van der Waals surface area contributed by atoms with Gasteiger partial charge in [-0.2, -0.15) is 0 Å². The smallest absolute Gasteiger partial charge is 0.323 e. The van der Waals surface area contributed by atoms with E-state index >= 15 is 0 Å². The fourth-order valence-electron chi connectivity index (χ4n) is 1.38. The minimum Gasteiger partial charge on any atom is -0.459 e. The molecule has 0 heterocycles. The fraction of sp³-hybridized carbons (Fsp3) is 0.462. The average Bonchev–Trinajstić information content (AvgIpc) is 2.19. The van der Waals surface area contributed by atoms with Gasteiger partial charge in [-0.1, -0.05) is 22.0 Å². The third-order valence-corrected chi connectivity index (χ3v) is 2.90. The number of benzene rings is 1. The third-order valence-electron chi connectivity index (χ3n) is 2.16. The van der Waals surface area contributed by atoms with Crippen molar-refractivity contribution in [3.63, 3.8) is 0 Å². The maximum atomic E-state index is 12.9. The fourth-order valence-corrected chi connectivity index (χ4v) is 1.90. The van der Waals surface area contributed by atoms with E-state index in [9.17, 15) is 9.18 Å². The van der Waals surface area contributed by atoms with Crippen molar-refractivity contribution >= 4 is 21.9 Å². The number of halogens is 2. The van der Waals surface area contributed by atoms with Gasteiger partial charge in [0.05, 0.1) is 0 Å². The van der Waals surface area contributed by atoms with Crippen molar-refractivity contribution < 1.29 is 13.9 Å². The Morgan fingerprint density at radius 2 is 2.11 bits per heavy atom. The predicted molar refractivity (Wildman–Crippen MR) is 71.6 cm³/mol. The number of rotatable bonds is 3. The molecule has 1 atom stereocenters. The maximum Gasteiger partial charge on any atom is 0.323 e. The second-order valence-corrected chi connectivity index (χ2v) is 5.93. The lowest BCUT2D eigenvalue weighted by Crippen LogP contribution is -2.38. The SMILES string of the molecule is CC(C)(C)OC(=O)C(N)Cc1ccc(F)cc1Br. The quantitative estimate of drug-likeness (QED) is 0.872. The highest BCUT2D eigenvalue weighted by Gasteiger charge is 2.22. The van der Waals surface area contributed by atoms with Gasteiger partial charge >= 0.3 is 5.97 Å². The molecular weight excluding hydrogens is 301 g/mol. The molecule has 3 nitrogen and oxygen atoms in total. The Hall–Kier alpha value is -0.940. The molecule has 0 spiro atoms. The van der Waals surface area contributed by atoms with Crippen LogP contribution in [0.2, 0.25) is 0 Å². The first-order valence-electron chi connectivity index (χ1n) is 5.61. The number of nitrogens with two attached hydrogens (primary N) is 1. The van der Waals surface area contributed by atoms with Crippen molar-refractivity contribution in [3.8, 4) is 0 Å². The van der Waals surface area contributed by atoms with Crippen LogP contribution in [0, 0.1) is 5.82 Å². The molecule has 0 saturated carbocycles. The Kier molecular flexibility index (Phi) is 4.87. The summed E-state index contributed by atoms with van der Waals surface area (Å²) in [6, 6.07) is 3.52. The topological polar surface area (TPSA) is 52.3 Å². The van der Waals surface area contributed by atoms with Gasteiger partial charge in [0, 0.05) is 4.47 Å². The molecule has 5 heteroatoms. The highest BCUT2D eigenvalue weighted by atomic mass is 79.9. The van der Waals surface area contributed by atoms with Crippen LogP contribution in [-0.4, -0.2) is 17.6 Å². The van der Waals surface area contributed by atoms with E-state index in [1.54, 1.807) is 26.8 Å². The number of hydrogen-bond acceptors (Lipinski definition) is 3. The Balaban J connectivity index is 2.69. The number of ether oxygens (including phenoxy) is 1. The molecule has 1 aromatic rings. The summed E-state index contributed by atoms with van der Waals surface area (Å²) in [4.78, 5) is 11.7.